The van der Waals surface area contributed by atoms with Crippen molar-refractivity contribution in [2.75, 3.05) is 12.3 Å². The smallest absolute Gasteiger partial charge is 0.252 e. The molecule has 110 valence electrons. The van der Waals surface area contributed by atoms with Crippen molar-refractivity contribution in [3.63, 3.8) is 0 Å². The van der Waals surface area contributed by atoms with Crippen LogP contribution in [0.2, 0.25) is 0 Å². The molecule has 0 radical (unpaired) electrons. The zero-order valence-corrected chi connectivity index (χ0v) is 12.6. The molecule has 0 atom stereocenters. The molecular weight excluding hydrogens is 287 g/mol. The van der Waals surface area contributed by atoms with Gasteiger partial charge in [0.25, 0.3) is 5.91 Å². The predicted molar refractivity (Wildman–Crippen MR) is 83.9 cm³/mol. The molecule has 0 aliphatic rings. The van der Waals surface area contributed by atoms with Gasteiger partial charge < -0.3 is 5.32 Å². The van der Waals surface area contributed by atoms with Gasteiger partial charge in [0.05, 0.1) is 5.56 Å². The van der Waals surface area contributed by atoms with Crippen LogP contribution < -0.4 is 5.32 Å². The maximum absolute atomic E-state index is 13.4. The van der Waals surface area contributed by atoms with Gasteiger partial charge in [0.15, 0.2) is 0 Å². The number of pyridine rings is 1. The van der Waals surface area contributed by atoms with Crippen molar-refractivity contribution in [1.82, 2.24) is 10.3 Å². The summed E-state index contributed by atoms with van der Waals surface area (Å²) in [6.45, 7) is 2.42. The second-order valence-corrected chi connectivity index (χ2v) is 5.69. The Morgan fingerprint density at radius 3 is 2.81 bits per heavy atom. The minimum Gasteiger partial charge on any atom is -0.351 e. The zero-order valence-electron chi connectivity index (χ0n) is 11.8. The summed E-state index contributed by atoms with van der Waals surface area (Å²) in [7, 11) is 0. The highest BCUT2D eigenvalue weighted by atomic mass is 32.2. The maximum Gasteiger partial charge on any atom is 0.252 e. The molecule has 3 nitrogen and oxygen atoms in total. The number of carbonyl (C=O) groups is 1. The molecule has 0 saturated carbocycles. The van der Waals surface area contributed by atoms with Crippen molar-refractivity contribution in [3.05, 3.63) is 65.2 Å². The molecule has 1 amide bonds. The third-order valence-electron chi connectivity index (χ3n) is 2.92. The van der Waals surface area contributed by atoms with Crippen molar-refractivity contribution in [1.29, 1.82) is 0 Å². The van der Waals surface area contributed by atoms with E-state index in [4.69, 9.17) is 0 Å². The first-order chi connectivity index (χ1) is 10.2. The molecule has 1 heterocycles. The number of hydrogen-bond donors (Lipinski definition) is 1. The lowest BCUT2D eigenvalue weighted by atomic mass is 10.2. The normalized spacial score (nSPS) is 10.4. The number of carbonyl (C=O) groups excluding carboxylic acids is 1. The number of nitrogens with one attached hydrogen (secondary N) is 1. The Kier molecular flexibility index (Phi) is 5.75. The van der Waals surface area contributed by atoms with E-state index in [2.05, 4.69) is 10.3 Å². The number of aryl methyl sites for hydroxylation is 1. The third kappa shape index (κ3) is 4.86. The van der Waals surface area contributed by atoms with E-state index in [9.17, 15) is 9.18 Å². The molecule has 0 aliphatic heterocycles. The van der Waals surface area contributed by atoms with Crippen molar-refractivity contribution in [3.8, 4) is 0 Å². The number of rotatable bonds is 6. The first-order valence-electron chi connectivity index (χ1n) is 6.69. The third-order valence-corrected chi connectivity index (χ3v) is 3.93. The number of thioether (sulfide) groups is 1. The van der Waals surface area contributed by atoms with Crippen LogP contribution in [0.5, 0.6) is 0 Å². The molecule has 0 saturated heterocycles. The average Bonchev–Trinajstić information content (AvgIpc) is 2.49. The van der Waals surface area contributed by atoms with Crippen molar-refractivity contribution in [2.24, 2.45) is 0 Å². The van der Waals surface area contributed by atoms with Crippen LogP contribution in [0.4, 0.5) is 4.39 Å². The quantitative estimate of drug-likeness (QED) is 0.833. The van der Waals surface area contributed by atoms with Gasteiger partial charge in [0, 0.05) is 29.9 Å². The average molecular weight is 304 g/mol. The minimum absolute atomic E-state index is 0.131. The number of halogens is 1. The summed E-state index contributed by atoms with van der Waals surface area (Å²) >= 11 is 1.59. The molecule has 0 unspecified atom stereocenters. The lowest BCUT2D eigenvalue weighted by Crippen LogP contribution is -2.25. The van der Waals surface area contributed by atoms with Gasteiger partial charge in [-0.25, -0.2) is 4.39 Å². The Balaban J connectivity index is 1.69. The lowest BCUT2D eigenvalue weighted by molar-refractivity contribution is 0.0956. The van der Waals surface area contributed by atoms with E-state index in [0.717, 1.165) is 11.4 Å². The van der Waals surface area contributed by atoms with Crippen LogP contribution in [0.1, 0.15) is 21.6 Å². The molecule has 0 bridgehead atoms. The van der Waals surface area contributed by atoms with Gasteiger partial charge in [0.1, 0.15) is 5.82 Å². The lowest BCUT2D eigenvalue weighted by Gasteiger charge is -2.06. The molecule has 1 N–H and O–H groups in total. The van der Waals surface area contributed by atoms with Crippen molar-refractivity contribution >= 4 is 17.7 Å². The second-order valence-electron chi connectivity index (χ2n) is 4.59. The summed E-state index contributed by atoms with van der Waals surface area (Å²) in [5.74, 6) is 1.03. The van der Waals surface area contributed by atoms with Gasteiger partial charge in [-0.3, -0.25) is 9.78 Å². The topological polar surface area (TPSA) is 42.0 Å². The Bertz CT molecular complexity index is 601. The second kappa shape index (κ2) is 7.78. The van der Waals surface area contributed by atoms with Crippen LogP contribution in [0, 0.1) is 12.7 Å². The summed E-state index contributed by atoms with van der Waals surface area (Å²) < 4.78 is 13.4. The zero-order chi connectivity index (χ0) is 15.1. The number of hydrogen-bond acceptors (Lipinski definition) is 3. The highest BCUT2D eigenvalue weighted by Gasteiger charge is 2.05. The number of aromatic nitrogens is 1. The summed E-state index contributed by atoms with van der Waals surface area (Å²) in [6, 6.07) is 10.3. The minimum atomic E-state index is -0.181. The van der Waals surface area contributed by atoms with Crippen LogP contribution in [-0.4, -0.2) is 23.2 Å². The Morgan fingerprint density at radius 1 is 1.29 bits per heavy atom. The van der Waals surface area contributed by atoms with E-state index in [1.165, 1.54) is 6.07 Å². The molecule has 21 heavy (non-hydrogen) atoms. The van der Waals surface area contributed by atoms with Crippen LogP contribution in [0.3, 0.4) is 0 Å². The number of benzene rings is 1. The summed E-state index contributed by atoms with van der Waals surface area (Å²) in [5, 5.41) is 2.83. The highest BCUT2D eigenvalue weighted by Crippen LogP contribution is 2.14. The largest absolute Gasteiger partial charge is 0.351 e. The van der Waals surface area contributed by atoms with Crippen LogP contribution in [0.15, 0.2) is 42.6 Å². The molecule has 0 spiro atoms. The first kappa shape index (κ1) is 15.5. The predicted octanol–water partition coefficient (Wildman–Crippen LogP) is 3.19. The van der Waals surface area contributed by atoms with E-state index in [0.29, 0.717) is 23.4 Å². The Hall–Kier alpha value is -1.88. The fraction of sp³-hybridized carbons (Fsp3) is 0.250. The van der Waals surface area contributed by atoms with Crippen LogP contribution in [0.25, 0.3) is 0 Å². The van der Waals surface area contributed by atoms with Crippen LogP contribution >= 0.6 is 11.8 Å². The van der Waals surface area contributed by atoms with Crippen molar-refractivity contribution < 1.29 is 9.18 Å². The molecule has 1 aromatic heterocycles. The molecular formula is C16H17FN2OS. The molecule has 5 heteroatoms. The molecule has 2 rings (SSSR count). The van der Waals surface area contributed by atoms with E-state index < -0.39 is 0 Å². The Labute approximate surface area is 128 Å². The van der Waals surface area contributed by atoms with Gasteiger partial charge in [-0.05, 0) is 30.7 Å². The van der Waals surface area contributed by atoms with E-state index in [-0.39, 0.29) is 11.7 Å². The fourth-order valence-electron chi connectivity index (χ4n) is 1.74. The maximum atomic E-state index is 13.4. The van der Waals surface area contributed by atoms with Gasteiger partial charge in [-0.1, -0.05) is 18.2 Å². The standard InChI is InChI=1S/C16H17FN2OS/c1-12-6-7-13(10-19-12)16(20)18-8-9-21-11-14-4-2-3-5-15(14)17/h2-7,10H,8-9,11H2,1H3,(H,18,20). The van der Waals surface area contributed by atoms with E-state index >= 15 is 0 Å². The monoisotopic (exact) mass is 304 g/mol. The van der Waals surface area contributed by atoms with Gasteiger partial charge in [0.2, 0.25) is 0 Å². The summed E-state index contributed by atoms with van der Waals surface area (Å²) in [6.07, 6.45) is 1.57. The fourth-order valence-corrected chi connectivity index (χ4v) is 2.58. The summed E-state index contributed by atoms with van der Waals surface area (Å²) in [4.78, 5) is 15.9. The molecule has 0 aliphatic carbocycles. The van der Waals surface area contributed by atoms with Gasteiger partial charge in [-0.2, -0.15) is 11.8 Å². The van der Waals surface area contributed by atoms with E-state index in [1.807, 2.05) is 19.1 Å². The Morgan fingerprint density at radius 2 is 2.10 bits per heavy atom. The van der Waals surface area contributed by atoms with Crippen molar-refractivity contribution in [2.45, 2.75) is 12.7 Å². The molecule has 0 fully saturated rings. The summed E-state index contributed by atoms with van der Waals surface area (Å²) in [5.41, 5.74) is 2.13. The molecule has 1 aromatic carbocycles. The first-order valence-corrected chi connectivity index (χ1v) is 7.84. The van der Waals surface area contributed by atoms with Gasteiger partial charge in [-0.15, -0.1) is 0 Å². The van der Waals surface area contributed by atoms with E-state index in [1.54, 1.807) is 36.2 Å². The SMILES string of the molecule is Cc1ccc(C(=O)NCCSCc2ccccc2F)cn1. The highest BCUT2D eigenvalue weighted by molar-refractivity contribution is 7.98. The number of nitrogens with zero attached hydrogens (tertiary/aromatic N) is 1. The number of amides is 1. The van der Waals surface area contributed by atoms with Crippen LogP contribution in [-0.2, 0) is 5.75 Å². The molecule has 2 aromatic rings. The van der Waals surface area contributed by atoms with Gasteiger partial charge >= 0.3 is 0 Å².